The van der Waals surface area contributed by atoms with Gasteiger partial charge in [0, 0.05) is 23.2 Å². The number of ketones is 2. The summed E-state index contributed by atoms with van der Waals surface area (Å²) in [7, 11) is 0. The van der Waals surface area contributed by atoms with Crippen molar-refractivity contribution in [1.82, 2.24) is 9.55 Å². The highest BCUT2D eigenvalue weighted by Gasteiger charge is 2.31. The van der Waals surface area contributed by atoms with Gasteiger partial charge in [0.1, 0.15) is 0 Å². The van der Waals surface area contributed by atoms with Crippen LogP contribution in [-0.2, 0) is 11.3 Å². The van der Waals surface area contributed by atoms with Crippen molar-refractivity contribution in [3.63, 3.8) is 0 Å². The van der Waals surface area contributed by atoms with Crippen LogP contribution in [-0.4, -0.2) is 32.8 Å². The maximum atomic E-state index is 13.2. The van der Waals surface area contributed by atoms with Crippen molar-refractivity contribution < 1.29 is 14.4 Å². The first kappa shape index (κ1) is 23.7. The fraction of sp³-hybridized carbons (Fsp3) is 0.179. The second kappa shape index (κ2) is 9.54. The van der Waals surface area contributed by atoms with Crippen LogP contribution in [0.1, 0.15) is 45.7 Å². The molecule has 0 spiro atoms. The number of rotatable bonds is 6. The Hall–Kier alpha value is -4.04. The lowest BCUT2D eigenvalue weighted by Gasteiger charge is -2.20. The zero-order valence-electron chi connectivity index (χ0n) is 19.8. The Morgan fingerprint density at radius 2 is 1.56 bits per heavy atom. The van der Waals surface area contributed by atoms with E-state index in [9.17, 15) is 19.2 Å². The lowest BCUT2D eigenvalue weighted by molar-refractivity contribution is -0.113. The van der Waals surface area contributed by atoms with Gasteiger partial charge in [0.2, 0.25) is 5.91 Å². The van der Waals surface area contributed by atoms with Crippen LogP contribution in [0.4, 0.5) is 5.69 Å². The van der Waals surface area contributed by atoms with Gasteiger partial charge in [-0.3, -0.25) is 23.7 Å². The molecule has 8 heteroatoms. The monoisotopic (exact) mass is 497 g/mol. The number of anilines is 1. The van der Waals surface area contributed by atoms with Crippen molar-refractivity contribution in [3.8, 4) is 0 Å². The third-order valence-electron chi connectivity index (χ3n) is 5.93. The summed E-state index contributed by atoms with van der Waals surface area (Å²) in [5, 5.41) is 3.78. The van der Waals surface area contributed by atoms with Crippen LogP contribution >= 0.6 is 11.8 Å². The SMILES string of the molecule is CC(C)Cn1c(SCC(=O)Nc2cccc3c2C(=O)c2ccccc2C3=O)nc2ccccc2c1=O. The van der Waals surface area contributed by atoms with Gasteiger partial charge in [-0.15, -0.1) is 0 Å². The molecule has 1 amide bonds. The Labute approximate surface area is 211 Å². The number of amides is 1. The fourth-order valence-corrected chi connectivity index (χ4v) is 5.16. The molecule has 180 valence electrons. The summed E-state index contributed by atoms with van der Waals surface area (Å²) >= 11 is 1.16. The molecule has 0 unspecified atom stereocenters. The predicted molar refractivity (Wildman–Crippen MR) is 140 cm³/mol. The topological polar surface area (TPSA) is 98.1 Å². The van der Waals surface area contributed by atoms with Gasteiger partial charge in [0.05, 0.1) is 27.9 Å². The van der Waals surface area contributed by atoms with Crippen LogP contribution in [0.25, 0.3) is 10.9 Å². The minimum atomic E-state index is -0.369. The fourth-order valence-electron chi connectivity index (χ4n) is 4.35. The molecular weight excluding hydrogens is 474 g/mol. The van der Waals surface area contributed by atoms with Gasteiger partial charge < -0.3 is 5.32 Å². The summed E-state index contributed by atoms with van der Waals surface area (Å²) in [6.07, 6.45) is 0. The Bertz CT molecular complexity index is 1610. The van der Waals surface area contributed by atoms with Gasteiger partial charge in [-0.1, -0.05) is 74.1 Å². The molecule has 0 fully saturated rings. The van der Waals surface area contributed by atoms with E-state index in [1.54, 1.807) is 65.2 Å². The zero-order valence-corrected chi connectivity index (χ0v) is 20.6. The van der Waals surface area contributed by atoms with Crippen LogP contribution in [0, 0.1) is 5.92 Å². The minimum Gasteiger partial charge on any atom is -0.325 e. The van der Waals surface area contributed by atoms with Gasteiger partial charge in [-0.2, -0.15) is 0 Å². The summed E-state index contributed by atoms with van der Waals surface area (Å²) in [6.45, 7) is 4.50. The summed E-state index contributed by atoms with van der Waals surface area (Å²) in [6, 6.07) is 18.7. The molecular formula is C28H23N3O4S. The molecule has 7 nitrogen and oxygen atoms in total. The van der Waals surface area contributed by atoms with E-state index in [0.717, 1.165) is 11.8 Å². The highest BCUT2D eigenvalue weighted by molar-refractivity contribution is 7.99. The van der Waals surface area contributed by atoms with E-state index in [1.165, 1.54) is 0 Å². The third-order valence-corrected chi connectivity index (χ3v) is 6.91. The Morgan fingerprint density at radius 1 is 0.889 bits per heavy atom. The van der Waals surface area contributed by atoms with Gasteiger partial charge >= 0.3 is 0 Å². The number of nitrogens with one attached hydrogen (secondary N) is 1. The van der Waals surface area contributed by atoms with E-state index < -0.39 is 0 Å². The number of hydrogen-bond donors (Lipinski definition) is 1. The molecule has 0 atom stereocenters. The lowest BCUT2D eigenvalue weighted by atomic mass is 9.83. The van der Waals surface area contributed by atoms with E-state index in [1.807, 2.05) is 19.9 Å². The van der Waals surface area contributed by atoms with Gasteiger partial charge in [-0.25, -0.2) is 4.98 Å². The quantitative estimate of drug-likeness (QED) is 0.273. The van der Waals surface area contributed by atoms with E-state index >= 15 is 0 Å². The van der Waals surface area contributed by atoms with Crippen LogP contribution in [0.2, 0.25) is 0 Å². The predicted octanol–water partition coefficient (Wildman–Crippen LogP) is 4.56. The van der Waals surface area contributed by atoms with E-state index in [-0.39, 0.29) is 51.5 Å². The molecule has 0 radical (unpaired) electrons. The maximum Gasteiger partial charge on any atom is 0.262 e. The first-order valence-corrected chi connectivity index (χ1v) is 12.6. The van der Waals surface area contributed by atoms with Crippen molar-refractivity contribution >= 4 is 45.8 Å². The molecule has 36 heavy (non-hydrogen) atoms. The van der Waals surface area contributed by atoms with Crippen molar-refractivity contribution in [3.05, 3.63) is 99.3 Å². The first-order chi connectivity index (χ1) is 17.3. The summed E-state index contributed by atoms with van der Waals surface area (Å²) in [4.78, 5) is 56.8. The molecule has 1 aliphatic carbocycles. The number of nitrogens with zero attached hydrogens (tertiary/aromatic N) is 2. The minimum absolute atomic E-state index is 0.0226. The zero-order chi connectivity index (χ0) is 25.4. The number of carbonyl (C=O) groups excluding carboxylic acids is 3. The van der Waals surface area contributed by atoms with E-state index in [4.69, 9.17) is 0 Å². The molecule has 1 N–H and O–H groups in total. The van der Waals surface area contributed by atoms with Crippen molar-refractivity contribution in [2.45, 2.75) is 25.5 Å². The standard InChI is InChI=1S/C28H23N3O4S/c1-16(2)14-31-27(35)19-10-5-6-12-21(19)30-28(31)36-15-23(32)29-22-13-7-11-20-24(22)26(34)18-9-4-3-8-17(18)25(20)33/h3-13,16H,14-15H2,1-2H3,(H,29,32). The van der Waals surface area contributed by atoms with E-state index in [2.05, 4.69) is 10.3 Å². The Balaban J connectivity index is 1.41. The molecule has 1 aromatic heterocycles. The highest BCUT2D eigenvalue weighted by Crippen LogP contribution is 2.32. The number of hydrogen-bond acceptors (Lipinski definition) is 6. The van der Waals surface area contributed by atoms with Gasteiger partial charge in [-0.05, 0) is 24.1 Å². The molecule has 3 aromatic carbocycles. The smallest absolute Gasteiger partial charge is 0.262 e. The van der Waals surface area contributed by atoms with Gasteiger partial charge in [0.15, 0.2) is 16.7 Å². The Morgan fingerprint density at radius 3 is 2.31 bits per heavy atom. The third kappa shape index (κ3) is 4.24. The average molecular weight is 498 g/mol. The molecule has 4 aromatic rings. The highest BCUT2D eigenvalue weighted by atomic mass is 32.2. The molecule has 0 aliphatic heterocycles. The first-order valence-electron chi connectivity index (χ1n) is 11.6. The van der Waals surface area contributed by atoms with Crippen LogP contribution in [0.3, 0.4) is 0 Å². The molecule has 0 saturated carbocycles. The number of thioether (sulfide) groups is 1. The molecule has 0 saturated heterocycles. The number of benzene rings is 3. The second-order valence-electron chi connectivity index (χ2n) is 8.99. The molecule has 5 rings (SSSR count). The van der Waals surface area contributed by atoms with Crippen molar-refractivity contribution in [1.29, 1.82) is 0 Å². The Kier molecular flexibility index (Phi) is 6.28. The molecule has 0 bridgehead atoms. The van der Waals surface area contributed by atoms with E-state index in [0.29, 0.717) is 33.7 Å². The number of aromatic nitrogens is 2. The van der Waals surface area contributed by atoms with Crippen LogP contribution in [0.5, 0.6) is 0 Å². The van der Waals surface area contributed by atoms with Crippen molar-refractivity contribution in [2.24, 2.45) is 5.92 Å². The lowest BCUT2D eigenvalue weighted by Crippen LogP contribution is -2.26. The van der Waals surface area contributed by atoms with Crippen LogP contribution in [0.15, 0.2) is 76.7 Å². The number of fused-ring (bicyclic) bond motifs is 3. The molecule has 1 aliphatic rings. The normalized spacial score (nSPS) is 12.5. The largest absolute Gasteiger partial charge is 0.325 e. The van der Waals surface area contributed by atoms with Gasteiger partial charge in [0.25, 0.3) is 5.56 Å². The number of carbonyl (C=O) groups is 3. The summed E-state index contributed by atoms with van der Waals surface area (Å²) < 4.78 is 1.61. The number of para-hydroxylation sites is 1. The molecule has 1 heterocycles. The average Bonchev–Trinajstić information content (AvgIpc) is 2.87. The summed E-state index contributed by atoms with van der Waals surface area (Å²) in [5.74, 6) is -0.729. The maximum absolute atomic E-state index is 13.2. The van der Waals surface area contributed by atoms with Crippen LogP contribution < -0.4 is 10.9 Å². The second-order valence-corrected chi connectivity index (χ2v) is 9.93. The van der Waals surface area contributed by atoms with Crippen molar-refractivity contribution in [2.75, 3.05) is 11.1 Å². The summed E-state index contributed by atoms with van der Waals surface area (Å²) in [5.41, 5.74) is 1.87.